The highest BCUT2D eigenvalue weighted by Crippen LogP contribution is 2.21. The van der Waals surface area contributed by atoms with Crippen LogP contribution in [0.15, 0.2) is 70.6 Å². The summed E-state index contributed by atoms with van der Waals surface area (Å²) in [5, 5.41) is -0.220. The predicted molar refractivity (Wildman–Crippen MR) is 100 cm³/mol. The van der Waals surface area contributed by atoms with Gasteiger partial charge < -0.3 is 4.42 Å². The third-order valence-corrected chi connectivity index (χ3v) is 5.69. The van der Waals surface area contributed by atoms with E-state index in [1.807, 2.05) is 24.3 Å². The minimum absolute atomic E-state index is 0.0561. The molecule has 136 valence electrons. The number of nitrogens with zero attached hydrogens (tertiary/aromatic N) is 2. The van der Waals surface area contributed by atoms with Crippen LogP contribution in [0.25, 0.3) is 11.5 Å². The van der Waals surface area contributed by atoms with Crippen LogP contribution in [0, 0.1) is 0 Å². The van der Waals surface area contributed by atoms with E-state index in [1.165, 1.54) is 11.8 Å². The van der Waals surface area contributed by atoms with Gasteiger partial charge in [0, 0.05) is 6.20 Å². The maximum Gasteiger partial charge on any atom is 0.315 e. The maximum atomic E-state index is 12.4. The highest BCUT2D eigenvalue weighted by Gasteiger charge is 2.21. The second-order valence-corrected chi connectivity index (χ2v) is 8.16. The Labute approximate surface area is 154 Å². The molecule has 0 N–H and O–H groups in total. The van der Waals surface area contributed by atoms with Gasteiger partial charge in [-0.05, 0) is 37.0 Å². The molecule has 6 heteroatoms. The number of oxazole rings is 1. The molecule has 0 atom stereocenters. The van der Waals surface area contributed by atoms with Crippen LogP contribution in [0.5, 0.6) is 0 Å². The number of hydrogen-bond donors (Lipinski definition) is 0. The van der Waals surface area contributed by atoms with Gasteiger partial charge >= 0.3 is 5.22 Å². The van der Waals surface area contributed by atoms with Crippen molar-refractivity contribution in [2.45, 2.75) is 37.3 Å². The molecular formula is C20H22N2O3S. The van der Waals surface area contributed by atoms with E-state index in [0.29, 0.717) is 17.9 Å². The van der Waals surface area contributed by atoms with Gasteiger partial charge in [0.05, 0.1) is 11.9 Å². The lowest BCUT2D eigenvalue weighted by molar-refractivity contribution is 0.438. The molecule has 2 aromatic heterocycles. The molecule has 5 nitrogen and oxygen atoms in total. The SMILES string of the molecule is O=S(=O)(CCCCCCc1ccccc1)c1ncc(-c2ccccn2)o1. The van der Waals surface area contributed by atoms with Crippen molar-refractivity contribution in [3.8, 4) is 11.5 Å². The Bertz CT molecular complexity index is 906. The number of benzene rings is 1. The zero-order valence-corrected chi connectivity index (χ0v) is 15.4. The van der Waals surface area contributed by atoms with Gasteiger partial charge in [0.15, 0.2) is 5.76 Å². The van der Waals surface area contributed by atoms with Crippen molar-refractivity contribution in [1.29, 1.82) is 0 Å². The standard InChI is InChI=1S/C20H22N2O3S/c23-26(24,15-9-2-1-4-10-17-11-5-3-6-12-17)20-22-16-19(25-20)18-13-7-8-14-21-18/h3,5-8,11-14,16H,1-2,4,9-10,15H2. The van der Waals surface area contributed by atoms with Crippen molar-refractivity contribution in [2.24, 2.45) is 0 Å². The number of sulfone groups is 1. The van der Waals surface area contributed by atoms with E-state index in [1.54, 1.807) is 18.3 Å². The Morgan fingerprint density at radius 3 is 2.38 bits per heavy atom. The molecule has 2 heterocycles. The lowest BCUT2D eigenvalue weighted by Gasteiger charge is -2.02. The normalized spacial score (nSPS) is 11.5. The minimum Gasteiger partial charge on any atom is -0.426 e. The second-order valence-electron chi connectivity index (χ2n) is 6.17. The average Bonchev–Trinajstić information content (AvgIpc) is 3.17. The van der Waals surface area contributed by atoms with Crippen molar-refractivity contribution in [3.63, 3.8) is 0 Å². The first-order valence-electron chi connectivity index (χ1n) is 8.79. The zero-order chi connectivity index (χ0) is 18.2. The van der Waals surface area contributed by atoms with Crippen LogP contribution >= 0.6 is 0 Å². The van der Waals surface area contributed by atoms with Gasteiger partial charge in [-0.2, -0.15) is 0 Å². The summed E-state index contributed by atoms with van der Waals surface area (Å²) in [6, 6.07) is 15.7. The van der Waals surface area contributed by atoms with Gasteiger partial charge in [-0.25, -0.2) is 13.4 Å². The number of aryl methyl sites for hydroxylation is 1. The number of aromatic nitrogens is 2. The minimum atomic E-state index is -3.49. The average molecular weight is 370 g/mol. The van der Waals surface area contributed by atoms with Crippen molar-refractivity contribution in [3.05, 3.63) is 66.5 Å². The molecule has 0 amide bonds. The van der Waals surface area contributed by atoms with Gasteiger partial charge in [0.2, 0.25) is 9.84 Å². The van der Waals surface area contributed by atoms with E-state index in [2.05, 4.69) is 22.1 Å². The first-order chi connectivity index (χ1) is 12.6. The lowest BCUT2D eigenvalue weighted by Crippen LogP contribution is -2.07. The summed E-state index contributed by atoms with van der Waals surface area (Å²) < 4.78 is 30.1. The molecule has 0 aliphatic carbocycles. The van der Waals surface area contributed by atoms with E-state index >= 15 is 0 Å². The zero-order valence-electron chi connectivity index (χ0n) is 14.5. The van der Waals surface area contributed by atoms with Gasteiger partial charge in [-0.1, -0.05) is 49.2 Å². The summed E-state index contributed by atoms with van der Waals surface area (Å²) in [6.07, 6.45) is 7.62. The third-order valence-electron chi connectivity index (χ3n) is 4.14. The summed E-state index contributed by atoms with van der Waals surface area (Å²) in [4.78, 5) is 8.06. The molecule has 3 rings (SSSR count). The van der Waals surface area contributed by atoms with Gasteiger partial charge in [-0.15, -0.1) is 0 Å². The first kappa shape index (κ1) is 18.3. The van der Waals surface area contributed by atoms with E-state index in [4.69, 9.17) is 4.42 Å². The maximum absolute atomic E-state index is 12.4. The lowest BCUT2D eigenvalue weighted by atomic mass is 10.1. The fourth-order valence-corrected chi connectivity index (χ4v) is 3.92. The Balaban J connectivity index is 1.45. The monoisotopic (exact) mass is 370 g/mol. The van der Waals surface area contributed by atoms with Crippen LogP contribution in [0.3, 0.4) is 0 Å². The van der Waals surface area contributed by atoms with Gasteiger partial charge in [0.25, 0.3) is 0 Å². The van der Waals surface area contributed by atoms with Gasteiger partial charge in [-0.3, -0.25) is 4.98 Å². The Morgan fingerprint density at radius 1 is 0.846 bits per heavy atom. The van der Waals surface area contributed by atoms with E-state index in [0.717, 1.165) is 25.7 Å². The smallest absolute Gasteiger partial charge is 0.315 e. The summed E-state index contributed by atoms with van der Waals surface area (Å²) in [5.41, 5.74) is 1.89. The molecule has 0 unspecified atom stereocenters. The molecule has 0 fully saturated rings. The van der Waals surface area contributed by atoms with Crippen LogP contribution in [0.1, 0.15) is 31.2 Å². The molecule has 0 spiro atoms. The molecule has 0 saturated heterocycles. The van der Waals surface area contributed by atoms with E-state index < -0.39 is 9.84 Å². The molecule has 0 aliphatic heterocycles. The van der Waals surface area contributed by atoms with Crippen LogP contribution in [-0.2, 0) is 16.3 Å². The Hall–Kier alpha value is -2.47. The summed E-state index contributed by atoms with van der Waals surface area (Å²) in [5.74, 6) is 0.424. The fraction of sp³-hybridized carbons (Fsp3) is 0.300. The fourth-order valence-electron chi connectivity index (χ4n) is 2.74. The number of hydrogen-bond acceptors (Lipinski definition) is 5. The van der Waals surface area contributed by atoms with Crippen molar-refractivity contribution in [1.82, 2.24) is 9.97 Å². The quantitative estimate of drug-likeness (QED) is 0.525. The van der Waals surface area contributed by atoms with Crippen molar-refractivity contribution < 1.29 is 12.8 Å². The molecule has 3 aromatic rings. The molecule has 0 saturated carbocycles. The van der Waals surface area contributed by atoms with Crippen molar-refractivity contribution in [2.75, 3.05) is 5.75 Å². The van der Waals surface area contributed by atoms with Crippen molar-refractivity contribution >= 4 is 9.84 Å². The molecule has 0 radical (unpaired) electrons. The Kier molecular flexibility index (Phi) is 6.17. The highest BCUT2D eigenvalue weighted by molar-refractivity contribution is 7.91. The first-order valence-corrected chi connectivity index (χ1v) is 10.4. The second kappa shape index (κ2) is 8.76. The molecule has 0 bridgehead atoms. The van der Waals surface area contributed by atoms with Crippen LogP contribution in [0.2, 0.25) is 0 Å². The molecule has 1 aromatic carbocycles. The predicted octanol–water partition coefficient (Wildman–Crippen LogP) is 4.31. The molecular weight excluding hydrogens is 348 g/mol. The van der Waals surface area contributed by atoms with Crippen LogP contribution < -0.4 is 0 Å². The van der Waals surface area contributed by atoms with Crippen LogP contribution in [0.4, 0.5) is 0 Å². The summed E-state index contributed by atoms with van der Waals surface area (Å²) >= 11 is 0. The Morgan fingerprint density at radius 2 is 1.62 bits per heavy atom. The summed E-state index contributed by atoms with van der Waals surface area (Å²) in [7, 11) is -3.49. The number of pyridine rings is 1. The highest BCUT2D eigenvalue weighted by atomic mass is 32.2. The largest absolute Gasteiger partial charge is 0.426 e. The van der Waals surface area contributed by atoms with Gasteiger partial charge in [0.1, 0.15) is 5.69 Å². The number of unbranched alkanes of at least 4 members (excludes halogenated alkanes) is 3. The van der Waals surface area contributed by atoms with Crippen LogP contribution in [-0.4, -0.2) is 24.1 Å². The number of rotatable bonds is 9. The van der Waals surface area contributed by atoms with E-state index in [-0.39, 0.29) is 11.0 Å². The third kappa shape index (κ3) is 5.02. The molecule has 0 aliphatic rings. The topological polar surface area (TPSA) is 73.1 Å². The van der Waals surface area contributed by atoms with E-state index in [9.17, 15) is 8.42 Å². The summed E-state index contributed by atoms with van der Waals surface area (Å²) in [6.45, 7) is 0. The molecule has 26 heavy (non-hydrogen) atoms.